The number of amides is 1. The van der Waals surface area contributed by atoms with Crippen LogP contribution in [0.1, 0.15) is 54.4 Å². The number of nitrogens with zero attached hydrogens (tertiary/aromatic N) is 1. The van der Waals surface area contributed by atoms with Crippen LogP contribution in [-0.4, -0.2) is 43.7 Å². The molecule has 0 radical (unpaired) electrons. The summed E-state index contributed by atoms with van der Waals surface area (Å²) in [5.74, 6) is -1.42. The van der Waals surface area contributed by atoms with Gasteiger partial charge in [-0.25, -0.2) is 13.2 Å². The van der Waals surface area contributed by atoms with Crippen LogP contribution in [0.5, 0.6) is 0 Å². The summed E-state index contributed by atoms with van der Waals surface area (Å²) in [5, 5.41) is 12.3. The third kappa shape index (κ3) is 3.56. The van der Waals surface area contributed by atoms with Crippen molar-refractivity contribution in [3.63, 3.8) is 0 Å². The maximum absolute atomic E-state index is 12.7. The number of carboxylic acids is 1. The fourth-order valence-electron chi connectivity index (χ4n) is 3.89. The predicted octanol–water partition coefficient (Wildman–Crippen LogP) is 1.92. The lowest BCUT2D eigenvalue weighted by atomic mass is 9.81. The molecule has 0 atom stereocenters. The zero-order valence-corrected chi connectivity index (χ0v) is 15.6. The van der Waals surface area contributed by atoms with Crippen molar-refractivity contribution in [3.8, 4) is 0 Å². The van der Waals surface area contributed by atoms with Gasteiger partial charge in [0, 0.05) is 12.1 Å². The molecule has 0 aromatic heterocycles. The highest BCUT2D eigenvalue weighted by molar-refractivity contribution is 7.92. The van der Waals surface area contributed by atoms with E-state index in [1.54, 1.807) is 18.2 Å². The van der Waals surface area contributed by atoms with Gasteiger partial charge in [-0.1, -0.05) is 19.3 Å². The van der Waals surface area contributed by atoms with Crippen molar-refractivity contribution in [2.24, 2.45) is 0 Å². The number of carbonyl (C=O) groups is 2. The average molecular weight is 380 g/mol. The highest BCUT2D eigenvalue weighted by Crippen LogP contribution is 2.31. The van der Waals surface area contributed by atoms with E-state index < -0.39 is 27.4 Å². The molecule has 1 heterocycles. The van der Waals surface area contributed by atoms with Gasteiger partial charge in [0.2, 0.25) is 10.0 Å². The number of hydrogen-bond acceptors (Lipinski definition) is 4. The van der Waals surface area contributed by atoms with Crippen LogP contribution in [0.4, 0.5) is 5.69 Å². The van der Waals surface area contributed by atoms with Crippen LogP contribution in [0.25, 0.3) is 0 Å². The normalized spacial score (nSPS) is 19.5. The summed E-state index contributed by atoms with van der Waals surface area (Å²) in [4.78, 5) is 24.4. The molecule has 0 saturated heterocycles. The lowest BCUT2D eigenvalue weighted by Crippen LogP contribution is -2.55. The Hall–Kier alpha value is -2.09. The first-order valence-electron chi connectivity index (χ1n) is 8.89. The molecule has 3 rings (SSSR count). The third-order valence-corrected chi connectivity index (χ3v) is 6.47. The quantitative estimate of drug-likeness (QED) is 0.830. The van der Waals surface area contributed by atoms with Gasteiger partial charge in [-0.05, 0) is 49.4 Å². The molecular weight excluding hydrogens is 356 g/mol. The number of aliphatic carboxylic acids is 1. The maximum Gasteiger partial charge on any atom is 0.329 e. The van der Waals surface area contributed by atoms with Crippen molar-refractivity contribution < 1.29 is 23.1 Å². The average Bonchev–Trinajstić information content (AvgIpc) is 2.60. The molecular formula is C18H24N2O5S. The van der Waals surface area contributed by atoms with Crippen LogP contribution >= 0.6 is 0 Å². The minimum absolute atomic E-state index is 0.366. The molecule has 1 aromatic carbocycles. The van der Waals surface area contributed by atoms with Gasteiger partial charge in [-0.15, -0.1) is 0 Å². The number of benzene rings is 1. The van der Waals surface area contributed by atoms with Crippen molar-refractivity contribution in [2.45, 2.75) is 50.5 Å². The van der Waals surface area contributed by atoms with E-state index in [0.717, 1.165) is 24.8 Å². The first-order valence-corrected chi connectivity index (χ1v) is 10.7. The monoisotopic (exact) mass is 380 g/mol. The Morgan fingerprint density at radius 3 is 2.46 bits per heavy atom. The standard InChI is InChI=1S/C18H24N2O5S/c1-26(24,25)20-11-5-6-13-12-14(7-8-15(13)20)16(21)19-18(17(22)23)9-3-2-4-10-18/h7-8,12H,2-6,9-11H2,1H3,(H,19,21)(H,22,23). The number of carbonyl (C=O) groups excluding carboxylic acids is 1. The molecule has 142 valence electrons. The molecule has 1 aromatic rings. The smallest absolute Gasteiger partial charge is 0.329 e. The molecule has 0 spiro atoms. The Morgan fingerprint density at radius 2 is 1.85 bits per heavy atom. The molecule has 2 N–H and O–H groups in total. The van der Waals surface area contributed by atoms with Gasteiger partial charge in [-0.2, -0.15) is 0 Å². The molecule has 1 aliphatic carbocycles. The second-order valence-corrected chi connectivity index (χ2v) is 9.09. The number of rotatable bonds is 4. The highest BCUT2D eigenvalue weighted by atomic mass is 32.2. The van der Waals surface area contributed by atoms with E-state index in [-0.39, 0.29) is 0 Å². The molecule has 8 heteroatoms. The Kier molecular flexibility index (Phi) is 4.96. The van der Waals surface area contributed by atoms with Crippen LogP contribution in [0, 0.1) is 0 Å². The number of anilines is 1. The largest absolute Gasteiger partial charge is 0.480 e. The van der Waals surface area contributed by atoms with Gasteiger partial charge in [-0.3, -0.25) is 9.10 Å². The lowest BCUT2D eigenvalue weighted by Gasteiger charge is -2.34. The molecule has 2 aliphatic rings. The molecule has 1 amide bonds. The molecule has 1 aliphatic heterocycles. The maximum atomic E-state index is 12.7. The molecule has 0 bridgehead atoms. The van der Waals surface area contributed by atoms with Crippen LogP contribution in [0.15, 0.2) is 18.2 Å². The summed E-state index contributed by atoms with van der Waals surface area (Å²) >= 11 is 0. The zero-order chi connectivity index (χ0) is 18.9. The SMILES string of the molecule is CS(=O)(=O)N1CCCc2cc(C(=O)NC3(C(=O)O)CCCCC3)ccc21. The lowest BCUT2D eigenvalue weighted by molar-refractivity contribution is -0.145. The summed E-state index contributed by atoms with van der Waals surface area (Å²) < 4.78 is 25.2. The van der Waals surface area contributed by atoms with Crippen molar-refractivity contribution in [1.82, 2.24) is 5.32 Å². The zero-order valence-electron chi connectivity index (χ0n) is 14.8. The summed E-state index contributed by atoms with van der Waals surface area (Å²) in [7, 11) is -3.36. The topological polar surface area (TPSA) is 104 Å². The second-order valence-electron chi connectivity index (χ2n) is 7.18. The Balaban J connectivity index is 1.86. The minimum Gasteiger partial charge on any atom is -0.480 e. The van der Waals surface area contributed by atoms with E-state index in [0.29, 0.717) is 43.5 Å². The number of sulfonamides is 1. The Bertz CT molecular complexity index is 828. The minimum atomic E-state index is -3.36. The fourth-order valence-corrected chi connectivity index (χ4v) is 4.88. The van der Waals surface area contributed by atoms with E-state index in [2.05, 4.69) is 5.32 Å². The summed E-state index contributed by atoms with van der Waals surface area (Å²) in [6.45, 7) is 0.430. The highest BCUT2D eigenvalue weighted by Gasteiger charge is 2.41. The van der Waals surface area contributed by atoms with Crippen LogP contribution in [0.2, 0.25) is 0 Å². The Labute approximate surface area is 153 Å². The van der Waals surface area contributed by atoms with Gasteiger partial charge in [0.15, 0.2) is 0 Å². The van der Waals surface area contributed by atoms with Gasteiger partial charge in [0.1, 0.15) is 5.54 Å². The van der Waals surface area contributed by atoms with E-state index in [1.165, 1.54) is 10.6 Å². The molecule has 1 saturated carbocycles. The van der Waals surface area contributed by atoms with Crippen molar-refractivity contribution in [2.75, 3.05) is 17.1 Å². The van der Waals surface area contributed by atoms with Gasteiger partial charge < -0.3 is 10.4 Å². The first kappa shape index (κ1) is 18.7. The number of fused-ring (bicyclic) bond motifs is 1. The fraction of sp³-hybridized carbons (Fsp3) is 0.556. The van der Waals surface area contributed by atoms with E-state index in [4.69, 9.17) is 0 Å². The van der Waals surface area contributed by atoms with Crippen LogP contribution in [0.3, 0.4) is 0 Å². The van der Waals surface area contributed by atoms with E-state index >= 15 is 0 Å². The predicted molar refractivity (Wildman–Crippen MR) is 97.9 cm³/mol. The van der Waals surface area contributed by atoms with Crippen LogP contribution in [-0.2, 0) is 21.2 Å². The molecule has 1 fully saturated rings. The number of nitrogens with one attached hydrogen (secondary N) is 1. The summed E-state index contributed by atoms with van der Waals surface area (Å²) in [6, 6.07) is 4.88. The summed E-state index contributed by atoms with van der Waals surface area (Å²) in [5.41, 5.74) is 0.554. The summed E-state index contributed by atoms with van der Waals surface area (Å²) in [6.07, 6.45) is 5.94. The van der Waals surface area contributed by atoms with E-state index in [1.807, 2.05) is 0 Å². The molecule has 7 nitrogen and oxygen atoms in total. The number of aryl methyl sites for hydroxylation is 1. The molecule has 26 heavy (non-hydrogen) atoms. The number of hydrogen-bond donors (Lipinski definition) is 2. The van der Waals surface area contributed by atoms with Crippen molar-refractivity contribution in [1.29, 1.82) is 0 Å². The second kappa shape index (κ2) is 6.90. The Morgan fingerprint density at radius 1 is 1.15 bits per heavy atom. The molecule has 0 unspecified atom stereocenters. The number of carboxylic acid groups (broad SMARTS) is 1. The van der Waals surface area contributed by atoms with Crippen molar-refractivity contribution >= 4 is 27.6 Å². The van der Waals surface area contributed by atoms with Crippen molar-refractivity contribution in [3.05, 3.63) is 29.3 Å². The third-order valence-electron chi connectivity index (χ3n) is 5.29. The first-order chi connectivity index (χ1) is 12.2. The van der Waals surface area contributed by atoms with E-state index in [9.17, 15) is 23.1 Å². The van der Waals surface area contributed by atoms with Crippen LogP contribution < -0.4 is 9.62 Å². The van der Waals surface area contributed by atoms with Gasteiger partial charge in [0.05, 0.1) is 11.9 Å². The van der Waals surface area contributed by atoms with Gasteiger partial charge in [0.25, 0.3) is 5.91 Å². The van der Waals surface area contributed by atoms with Gasteiger partial charge >= 0.3 is 5.97 Å².